The van der Waals surface area contributed by atoms with E-state index >= 15 is 0 Å². The summed E-state index contributed by atoms with van der Waals surface area (Å²) < 4.78 is 0. The van der Waals surface area contributed by atoms with Gasteiger partial charge in [0, 0.05) is 6.54 Å². The summed E-state index contributed by atoms with van der Waals surface area (Å²) in [4.78, 5) is 19.3. The Balaban J connectivity index is 0. The maximum Gasteiger partial charge on any atom is 0.321 e. The predicted molar refractivity (Wildman–Crippen MR) is 46.0 cm³/mol. The van der Waals surface area contributed by atoms with Crippen LogP contribution in [0.25, 0.3) is 0 Å². The van der Waals surface area contributed by atoms with Crippen LogP contribution >= 0.6 is 0 Å². The lowest BCUT2D eigenvalue weighted by atomic mass is 10.3. The van der Waals surface area contributed by atoms with Crippen molar-refractivity contribution in [2.24, 2.45) is 17.2 Å². The molecular formula is C6H15N3O4. The van der Waals surface area contributed by atoms with Gasteiger partial charge < -0.3 is 27.4 Å². The van der Waals surface area contributed by atoms with Gasteiger partial charge in [-0.1, -0.05) is 0 Å². The minimum absolute atomic E-state index is 0.00463. The Morgan fingerprint density at radius 3 is 1.54 bits per heavy atom. The van der Waals surface area contributed by atoms with Crippen LogP contribution < -0.4 is 17.2 Å². The molecule has 0 aliphatic rings. The highest BCUT2D eigenvalue weighted by Gasteiger charge is 2.05. The standard InChI is InChI=1S/C3H8N2O2.C3H7NO2/c4-1-2(5)3(6)7;1-2(4)3(5)6/h2H,1,4-5H2,(H,6,7);2H,4H2,1H3,(H,5,6)/t;2-/m.0/s1. The summed E-state index contributed by atoms with van der Waals surface area (Å²) in [6, 6.07) is -1.63. The van der Waals surface area contributed by atoms with Crippen molar-refractivity contribution < 1.29 is 19.8 Å². The third-order valence-electron chi connectivity index (χ3n) is 0.961. The van der Waals surface area contributed by atoms with Crippen LogP contribution in [0, 0.1) is 0 Å². The lowest BCUT2D eigenvalue weighted by Gasteiger charge is -1.97. The van der Waals surface area contributed by atoms with E-state index in [2.05, 4.69) is 0 Å². The number of carboxylic acids is 2. The van der Waals surface area contributed by atoms with Crippen molar-refractivity contribution in [3.8, 4) is 0 Å². The molecule has 0 spiro atoms. The molecule has 0 rings (SSSR count). The van der Waals surface area contributed by atoms with Crippen LogP contribution in [0.15, 0.2) is 0 Å². The number of rotatable bonds is 3. The van der Waals surface area contributed by atoms with E-state index in [9.17, 15) is 9.59 Å². The van der Waals surface area contributed by atoms with Crippen LogP contribution in [0.1, 0.15) is 6.92 Å². The van der Waals surface area contributed by atoms with Gasteiger partial charge in [0.15, 0.2) is 0 Å². The summed E-state index contributed by atoms with van der Waals surface area (Å²) in [7, 11) is 0. The quantitative estimate of drug-likeness (QED) is 0.340. The first kappa shape index (κ1) is 14.3. The first-order chi connectivity index (χ1) is 5.82. The fraction of sp³-hybridized carbons (Fsp3) is 0.667. The number of hydrogen-bond donors (Lipinski definition) is 5. The topological polar surface area (TPSA) is 153 Å². The zero-order chi connectivity index (χ0) is 11.0. The minimum atomic E-state index is -1.05. The van der Waals surface area contributed by atoms with Gasteiger partial charge in [0.2, 0.25) is 0 Å². The Bertz CT molecular complexity index is 171. The van der Waals surface area contributed by atoms with Crippen LogP contribution in [-0.4, -0.2) is 40.8 Å². The van der Waals surface area contributed by atoms with E-state index < -0.39 is 24.0 Å². The minimum Gasteiger partial charge on any atom is -0.480 e. The second-order valence-corrected chi connectivity index (χ2v) is 2.31. The zero-order valence-corrected chi connectivity index (χ0v) is 7.30. The fourth-order valence-corrected chi connectivity index (χ4v) is 0.101. The van der Waals surface area contributed by atoms with Gasteiger partial charge in [-0.2, -0.15) is 0 Å². The van der Waals surface area contributed by atoms with Gasteiger partial charge in [0.25, 0.3) is 0 Å². The van der Waals surface area contributed by atoms with E-state index in [1.807, 2.05) is 0 Å². The molecule has 7 nitrogen and oxygen atoms in total. The Morgan fingerprint density at radius 1 is 1.23 bits per heavy atom. The average molecular weight is 193 g/mol. The number of aliphatic carboxylic acids is 2. The molecule has 0 aliphatic carbocycles. The Kier molecular flexibility index (Phi) is 8.24. The van der Waals surface area contributed by atoms with Crippen molar-refractivity contribution in [2.45, 2.75) is 19.0 Å². The predicted octanol–water partition coefficient (Wildman–Crippen LogP) is -2.22. The summed E-state index contributed by atoms with van der Waals surface area (Å²) in [6.45, 7) is 1.41. The summed E-state index contributed by atoms with van der Waals surface area (Å²) in [5.41, 5.74) is 14.6. The highest BCUT2D eigenvalue weighted by atomic mass is 16.4. The Labute approximate surface area is 75.5 Å². The number of hydrogen-bond acceptors (Lipinski definition) is 5. The van der Waals surface area contributed by atoms with Crippen LogP contribution in [-0.2, 0) is 9.59 Å². The second kappa shape index (κ2) is 7.47. The van der Waals surface area contributed by atoms with Crippen molar-refractivity contribution in [1.82, 2.24) is 0 Å². The van der Waals surface area contributed by atoms with Gasteiger partial charge >= 0.3 is 11.9 Å². The molecule has 0 heterocycles. The molecule has 0 radical (unpaired) electrons. The SMILES string of the molecule is C[C@H](N)C(=O)O.NCC(N)C(=O)O. The normalized spacial score (nSPS) is 13.5. The molecule has 2 atom stereocenters. The molecule has 13 heavy (non-hydrogen) atoms. The van der Waals surface area contributed by atoms with E-state index in [0.717, 1.165) is 0 Å². The molecule has 8 N–H and O–H groups in total. The molecule has 78 valence electrons. The van der Waals surface area contributed by atoms with Gasteiger partial charge in [-0.25, -0.2) is 0 Å². The molecule has 0 saturated heterocycles. The molecule has 0 aromatic carbocycles. The van der Waals surface area contributed by atoms with Crippen molar-refractivity contribution in [1.29, 1.82) is 0 Å². The van der Waals surface area contributed by atoms with Gasteiger partial charge in [0.1, 0.15) is 12.1 Å². The molecule has 0 aromatic heterocycles. The fourth-order valence-electron chi connectivity index (χ4n) is 0.101. The van der Waals surface area contributed by atoms with Crippen molar-refractivity contribution in [2.75, 3.05) is 6.54 Å². The molecular weight excluding hydrogens is 178 g/mol. The first-order valence-corrected chi connectivity index (χ1v) is 3.49. The third-order valence-corrected chi connectivity index (χ3v) is 0.961. The van der Waals surface area contributed by atoms with Gasteiger partial charge in [-0.05, 0) is 6.92 Å². The van der Waals surface area contributed by atoms with Gasteiger partial charge in [-0.3, -0.25) is 9.59 Å². The van der Waals surface area contributed by atoms with Gasteiger partial charge in [0.05, 0.1) is 0 Å². The van der Waals surface area contributed by atoms with Crippen LogP contribution in [0.5, 0.6) is 0 Å². The number of carboxylic acid groups (broad SMARTS) is 2. The molecule has 0 aliphatic heterocycles. The van der Waals surface area contributed by atoms with E-state index in [-0.39, 0.29) is 6.54 Å². The number of nitrogens with two attached hydrogens (primary N) is 3. The van der Waals surface area contributed by atoms with E-state index in [0.29, 0.717) is 0 Å². The molecule has 0 amide bonds. The van der Waals surface area contributed by atoms with Crippen molar-refractivity contribution >= 4 is 11.9 Å². The molecule has 0 bridgehead atoms. The maximum atomic E-state index is 9.73. The average Bonchev–Trinajstić information content (AvgIpc) is 2.03. The van der Waals surface area contributed by atoms with E-state index in [1.165, 1.54) is 6.92 Å². The monoisotopic (exact) mass is 193 g/mol. The molecule has 0 fully saturated rings. The zero-order valence-electron chi connectivity index (χ0n) is 7.30. The Morgan fingerprint density at radius 2 is 1.54 bits per heavy atom. The van der Waals surface area contributed by atoms with Crippen LogP contribution in [0.4, 0.5) is 0 Å². The van der Waals surface area contributed by atoms with Crippen LogP contribution in [0.2, 0.25) is 0 Å². The lowest BCUT2D eigenvalue weighted by Crippen LogP contribution is -2.37. The Hall–Kier alpha value is -1.18. The summed E-state index contributed by atoms with van der Waals surface area (Å²) in [6.07, 6.45) is 0. The molecule has 7 heteroatoms. The number of carbonyl (C=O) groups is 2. The lowest BCUT2D eigenvalue weighted by molar-refractivity contribution is -0.139. The summed E-state index contributed by atoms with van der Waals surface area (Å²) >= 11 is 0. The summed E-state index contributed by atoms with van der Waals surface area (Å²) in [5, 5.41) is 15.8. The third kappa shape index (κ3) is 10.8. The maximum absolute atomic E-state index is 9.73. The first-order valence-electron chi connectivity index (χ1n) is 3.49. The van der Waals surface area contributed by atoms with E-state index in [4.69, 9.17) is 27.4 Å². The molecule has 0 aromatic rings. The smallest absolute Gasteiger partial charge is 0.321 e. The van der Waals surface area contributed by atoms with E-state index in [1.54, 1.807) is 0 Å². The summed E-state index contributed by atoms with van der Waals surface area (Å²) in [5.74, 6) is -2.02. The van der Waals surface area contributed by atoms with Crippen molar-refractivity contribution in [3.05, 3.63) is 0 Å². The molecule has 0 saturated carbocycles. The second-order valence-electron chi connectivity index (χ2n) is 2.31. The highest BCUT2D eigenvalue weighted by Crippen LogP contribution is 1.68. The van der Waals surface area contributed by atoms with Crippen molar-refractivity contribution in [3.63, 3.8) is 0 Å². The van der Waals surface area contributed by atoms with Gasteiger partial charge in [-0.15, -0.1) is 0 Å². The highest BCUT2D eigenvalue weighted by molar-refractivity contribution is 5.73. The largest absolute Gasteiger partial charge is 0.480 e. The molecule has 1 unspecified atom stereocenters. The van der Waals surface area contributed by atoms with Crippen LogP contribution in [0.3, 0.4) is 0 Å².